The van der Waals surface area contributed by atoms with E-state index in [0.29, 0.717) is 34.8 Å². The largest absolute Gasteiger partial charge is 0.346 e. The molecule has 5 aromatic rings. The number of fused-ring (bicyclic) bond motifs is 2. The van der Waals surface area contributed by atoms with Gasteiger partial charge in [0, 0.05) is 23.4 Å². The number of benzene rings is 1. The molecule has 0 bridgehead atoms. The monoisotopic (exact) mass is 409 g/mol. The quantitative estimate of drug-likeness (QED) is 0.467. The maximum absolute atomic E-state index is 13.3. The summed E-state index contributed by atoms with van der Waals surface area (Å²) in [5.74, 6) is 0.199. The molecule has 0 radical (unpaired) electrons. The first-order chi connectivity index (χ1) is 15.3. The number of amides is 1. The van der Waals surface area contributed by atoms with Gasteiger partial charge in [-0.2, -0.15) is 0 Å². The van der Waals surface area contributed by atoms with Crippen LogP contribution in [0, 0.1) is 0 Å². The number of carbonyl (C=O) groups is 1. The van der Waals surface area contributed by atoms with E-state index in [2.05, 4.69) is 20.4 Å². The van der Waals surface area contributed by atoms with E-state index in [-0.39, 0.29) is 5.91 Å². The molecule has 31 heavy (non-hydrogen) atoms. The summed E-state index contributed by atoms with van der Waals surface area (Å²) >= 11 is 0. The van der Waals surface area contributed by atoms with Gasteiger partial charge in [0.25, 0.3) is 11.6 Å². The molecule has 1 aliphatic carbocycles. The molecule has 6 rings (SSSR count). The summed E-state index contributed by atoms with van der Waals surface area (Å²) in [6, 6.07) is 17.5. The lowest BCUT2D eigenvalue weighted by atomic mass is 10.0. The minimum absolute atomic E-state index is 0.188. The van der Waals surface area contributed by atoms with Crippen molar-refractivity contribution < 1.29 is 9.32 Å². The minimum atomic E-state index is -0.188. The number of rotatable bonds is 5. The Hall–Kier alpha value is -4.00. The molecule has 1 aliphatic rings. The predicted molar refractivity (Wildman–Crippen MR) is 116 cm³/mol. The molecule has 7 nitrogen and oxygen atoms in total. The molecule has 152 valence electrons. The van der Waals surface area contributed by atoms with Crippen LogP contribution in [0.15, 0.2) is 71.6 Å². The maximum atomic E-state index is 13.3. The van der Waals surface area contributed by atoms with Gasteiger partial charge >= 0.3 is 0 Å². The zero-order valence-electron chi connectivity index (χ0n) is 16.7. The number of aromatic nitrogens is 4. The molecule has 0 unspecified atom stereocenters. The Labute approximate surface area is 177 Å². The first-order valence-corrected chi connectivity index (χ1v) is 10.3. The average molecular weight is 409 g/mol. The van der Waals surface area contributed by atoms with Crippen LogP contribution in [-0.2, 0) is 6.54 Å². The van der Waals surface area contributed by atoms with Crippen LogP contribution in [0.2, 0.25) is 0 Å². The van der Waals surface area contributed by atoms with Crippen LogP contribution in [0.4, 0.5) is 0 Å². The van der Waals surface area contributed by atoms with Crippen LogP contribution in [0.3, 0.4) is 0 Å². The van der Waals surface area contributed by atoms with Crippen LogP contribution in [0.1, 0.15) is 40.5 Å². The Kier molecular flexibility index (Phi) is 4.06. The Morgan fingerprint density at radius 1 is 1.13 bits per heavy atom. The van der Waals surface area contributed by atoms with Gasteiger partial charge in [-0.1, -0.05) is 41.6 Å². The topological polar surface area (TPSA) is 85.3 Å². The standard InChI is InChI=1S/C24H19N5O2/c30-23(25-13-19-20-8-4-5-11-29(20)14-26-19)17-12-18(15-9-10-15)27-24-21(17)22(28-31-24)16-6-2-1-3-7-16/h1-8,11-12,14-15H,9-10,13H2,(H,25,30). The van der Waals surface area contributed by atoms with E-state index in [4.69, 9.17) is 4.52 Å². The van der Waals surface area contributed by atoms with Crippen molar-refractivity contribution in [1.29, 1.82) is 0 Å². The molecule has 1 N–H and O–H groups in total. The molecular weight excluding hydrogens is 390 g/mol. The Morgan fingerprint density at radius 2 is 1.97 bits per heavy atom. The van der Waals surface area contributed by atoms with Crippen molar-refractivity contribution in [1.82, 2.24) is 24.8 Å². The second kappa shape index (κ2) is 7.05. The number of nitrogens with one attached hydrogen (secondary N) is 1. The second-order valence-corrected chi connectivity index (χ2v) is 7.81. The van der Waals surface area contributed by atoms with Crippen molar-refractivity contribution in [3.05, 3.63) is 84.1 Å². The summed E-state index contributed by atoms with van der Waals surface area (Å²) < 4.78 is 7.50. The number of imidazole rings is 1. The number of nitrogens with zero attached hydrogens (tertiary/aromatic N) is 4. The molecule has 0 spiro atoms. The van der Waals surface area contributed by atoms with Gasteiger partial charge in [0.2, 0.25) is 0 Å². The highest BCUT2D eigenvalue weighted by Gasteiger charge is 2.29. The van der Waals surface area contributed by atoms with Crippen LogP contribution < -0.4 is 5.32 Å². The van der Waals surface area contributed by atoms with E-state index in [1.54, 1.807) is 6.33 Å². The van der Waals surface area contributed by atoms with E-state index in [9.17, 15) is 4.79 Å². The van der Waals surface area contributed by atoms with Gasteiger partial charge in [0.1, 0.15) is 5.69 Å². The van der Waals surface area contributed by atoms with Gasteiger partial charge in [0.05, 0.1) is 35.0 Å². The molecule has 7 heteroatoms. The number of pyridine rings is 2. The third-order valence-electron chi connectivity index (χ3n) is 5.69. The summed E-state index contributed by atoms with van der Waals surface area (Å²) in [6.45, 7) is 0.327. The lowest BCUT2D eigenvalue weighted by Crippen LogP contribution is -2.23. The highest BCUT2D eigenvalue weighted by molar-refractivity contribution is 6.09. The Balaban J connectivity index is 1.40. The third-order valence-corrected chi connectivity index (χ3v) is 5.69. The minimum Gasteiger partial charge on any atom is -0.346 e. The third kappa shape index (κ3) is 3.15. The van der Waals surface area contributed by atoms with Crippen LogP contribution in [-0.4, -0.2) is 25.4 Å². The first kappa shape index (κ1) is 17.8. The summed E-state index contributed by atoms with van der Waals surface area (Å²) in [5.41, 5.74) is 5.13. The SMILES string of the molecule is O=C(NCc1ncn2ccccc12)c1cc(C2CC2)nc2onc(-c3ccccc3)c12. The van der Waals surface area contributed by atoms with E-state index < -0.39 is 0 Å². The molecule has 1 saturated carbocycles. The molecule has 0 saturated heterocycles. The Morgan fingerprint density at radius 3 is 2.81 bits per heavy atom. The molecule has 1 aromatic carbocycles. The number of hydrogen-bond donors (Lipinski definition) is 1. The summed E-state index contributed by atoms with van der Waals surface area (Å²) in [7, 11) is 0. The smallest absolute Gasteiger partial charge is 0.259 e. The van der Waals surface area contributed by atoms with Gasteiger partial charge < -0.3 is 14.2 Å². The fourth-order valence-electron chi connectivity index (χ4n) is 3.93. The van der Waals surface area contributed by atoms with E-state index in [1.807, 2.05) is 65.2 Å². The summed E-state index contributed by atoms with van der Waals surface area (Å²) in [6.07, 6.45) is 5.85. The fourth-order valence-corrected chi connectivity index (χ4v) is 3.93. The lowest BCUT2D eigenvalue weighted by Gasteiger charge is -2.08. The van der Waals surface area contributed by atoms with Gasteiger partial charge in [-0.25, -0.2) is 9.97 Å². The van der Waals surface area contributed by atoms with Gasteiger partial charge in [0.15, 0.2) is 0 Å². The van der Waals surface area contributed by atoms with Crippen LogP contribution in [0.25, 0.3) is 27.9 Å². The zero-order chi connectivity index (χ0) is 20.8. The van der Waals surface area contributed by atoms with E-state index >= 15 is 0 Å². The number of carbonyl (C=O) groups excluding carboxylic acids is 1. The van der Waals surface area contributed by atoms with E-state index in [1.165, 1.54) is 0 Å². The second-order valence-electron chi connectivity index (χ2n) is 7.81. The van der Waals surface area contributed by atoms with Gasteiger partial charge in [-0.05, 0) is 31.0 Å². The molecule has 0 atom stereocenters. The zero-order valence-corrected chi connectivity index (χ0v) is 16.7. The molecule has 0 aliphatic heterocycles. The predicted octanol–water partition coefficient (Wildman–Crippen LogP) is 4.34. The molecule has 1 amide bonds. The number of hydrogen-bond acceptors (Lipinski definition) is 5. The van der Waals surface area contributed by atoms with E-state index in [0.717, 1.165) is 35.3 Å². The molecular formula is C24H19N5O2. The highest BCUT2D eigenvalue weighted by Crippen LogP contribution is 2.41. The fraction of sp³-hybridized carbons (Fsp3) is 0.167. The summed E-state index contributed by atoms with van der Waals surface area (Å²) in [5, 5.41) is 7.92. The Bertz CT molecular complexity index is 1420. The van der Waals surface area contributed by atoms with Crippen molar-refractivity contribution in [2.75, 3.05) is 0 Å². The van der Waals surface area contributed by atoms with Crippen molar-refractivity contribution in [3.63, 3.8) is 0 Å². The normalized spacial score (nSPS) is 13.7. The van der Waals surface area contributed by atoms with Crippen LogP contribution in [0.5, 0.6) is 0 Å². The van der Waals surface area contributed by atoms with Crippen LogP contribution >= 0.6 is 0 Å². The molecule has 4 heterocycles. The van der Waals surface area contributed by atoms with Crippen molar-refractivity contribution in [2.45, 2.75) is 25.3 Å². The first-order valence-electron chi connectivity index (χ1n) is 10.3. The average Bonchev–Trinajstić information content (AvgIpc) is 3.45. The molecule has 4 aromatic heterocycles. The van der Waals surface area contributed by atoms with Crippen molar-refractivity contribution >= 4 is 22.5 Å². The maximum Gasteiger partial charge on any atom is 0.259 e. The lowest BCUT2D eigenvalue weighted by molar-refractivity contribution is 0.0952. The van der Waals surface area contributed by atoms with Crippen molar-refractivity contribution in [2.24, 2.45) is 0 Å². The highest BCUT2D eigenvalue weighted by atomic mass is 16.5. The van der Waals surface area contributed by atoms with Crippen molar-refractivity contribution in [3.8, 4) is 11.3 Å². The van der Waals surface area contributed by atoms with Gasteiger partial charge in [-0.15, -0.1) is 0 Å². The van der Waals surface area contributed by atoms with Gasteiger partial charge in [-0.3, -0.25) is 4.79 Å². The molecule has 1 fully saturated rings. The summed E-state index contributed by atoms with van der Waals surface area (Å²) in [4.78, 5) is 22.4.